The molecule has 0 radical (unpaired) electrons. The molecule has 2 aromatic carbocycles. The summed E-state index contributed by atoms with van der Waals surface area (Å²) in [5, 5.41) is 11.1. The number of carbonyl (C=O) groups excluding carboxylic acids is 4. The second-order valence-corrected chi connectivity index (χ2v) is 13.6. The molecular formula is C35H29Cl2F3N4O6. The number of phenols is 1. The number of benzene rings is 2. The third kappa shape index (κ3) is 4.88. The summed E-state index contributed by atoms with van der Waals surface area (Å²) in [6.45, 7) is 1.89. The fourth-order valence-electron chi connectivity index (χ4n) is 8.41. The molecule has 2 aliphatic carbocycles. The van der Waals surface area contributed by atoms with Crippen molar-refractivity contribution in [1.29, 1.82) is 0 Å². The molecule has 3 fully saturated rings. The molecule has 2 saturated heterocycles. The van der Waals surface area contributed by atoms with Crippen LogP contribution in [0.2, 0.25) is 10.0 Å². The first-order valence-electron chi connectivity index (χ1n) is 15.8. The molecule has 2 N–H and O–H groups in total. The first-order valence-corrected chi connectivity index (χ1v) is 16.5. The van der Waals surface area contributed by atoms with Gasteiger partial charge >= 0.3 is 6.18 Å². The smallest absolute Gasteiger partial charge is 0.417 e. The van der Waals surface area contributed by atoms with Gasteiger partial charge in [-0.1, -0.05) is 53.1 Å². The molecule has 2 aliphatic heterocycles. The molecule has 6 atom stereocenters. The van der Waals surface area contributed by atoms with E-state index in [9.17, 15) is 32.7 Å². The van der Waals surface area contributed by atoms with Crippen molar-refractivity contribution in [3.05, 3.63) is 93.1 Å². The molecule has 0 bridgehead atoms. The third-order valence-corrected chi connectivity index (χ3v) is 11.0. The number of phenolic OH excluding ortho intramolecular Hbond substituents is 1. The molecule has 50 heavy (non-hydrogen) atoms. The predicted octanol–water partition coefficient (Wildman–Crippen LogP) is 6.13. The molecule has 15 heteroatoms. The number of allylic oxidation sites excluding steroid dienone is 2. The van der Waals surface area contributed by atoms with Crippen molar-refractivity contribution in [1.82, 2.24) is 14.9 Å². The average molecular weight is 730 g/mol. The van der Waals surface area contributed by atoms with E-state index >= 15 is 4.79 Å². The maximum Gasteiger partial charge on any atom is 0.417 e. The summed E-state index contributed by atoms with van der Waals surface area (Å²) in [7, 11) is 1.36. The number of hydrazine groups is 1. The van der Waals surface area contributed by atoms with Crippen LogP contribution in [0.1, 0.15) is 42.4 Å². The molecule has 10 nitrogen and oxygen atoms in total. The number of carbonyl (C=O) groups is 4. The van der Waals surface area contributed by atoms with Crippen LogP contribution in [0.4, 0.5) is 19.0 Å². The summed E-state index contributed by atoms with van der Waals surface area (Å²) in [5.74, 6) is -6.74. The Labute approximate surface area is 293 Å². The van der Waals surface area contributed by atoms with Gasteiger partial charge in [0.1, 0.15) is 0 Å². The third-order valence-electron chi connectivity index (χ3n) is 10.5. The normalized spacial score (nSPS) is 27.6. The highest BCUT2D eigenvalue weighted by Gasteiger charge is 2.70. The van der Waals surface area contributed by atoms with Crippen LogP contribution >= 0.6 is 23.2 Å². The molecule has 4 amide bonds. The number of aromatic nitrogens is 1. The van der Waals surface area contributed by atoms with Crippen LogP contribution in [0.5, 0.6) is 11.5 Å². The lowest BCUT2D eigenvalue weighted by molar-refractivity contribution is -0.141. The van der Waals surface area contributed by atoms with Gasteiger partial charge in [-0.25, -0.2) is 4.98 Å². The SMILES string of the molecule is CCN1C(=O)C2CC=C3C(CC4C(=O)N(Nc5ncc(C(F)(F)F)cc5Cl)C(=O)C4(c4ccc(Cl)cc4)C3c3ccc(O)c(OC)c3)C2C1=O. The highest BCUT2D eigenvalue weighted by molar-refractivity contribution is 6.33. The number of rotatable bonds is 6. The highest BCUT2D eigenvalue weighted by Crippen LogP contribution is 2.64. The minimum atomic E-state index is -4.74. The van der Waals surface area contributed by atoms with E-state index in [0.29, 0.717) is 34.0 Å². The number of aromatic hydroxyl groups is 1. The maximum absolute atomic E-state index is 15.1. The molecule has 6 unspecified atom stereocenters. The molecule has 7 rings (SSSR count). The first-order chi connectivity index (χ1) is 23.7. The Morgan fingerprint density at radius 1 is 1.02 bits per heavy atom. The van der Waals surface area contributed by atoms with Crippen molar-refractivity contribution < 1.29 is 42.2 Å². The molecule has 260 valence electrons. The van der Waals surface area contributed by atoms with Gasteiger partial charge < -0.3 is 9.84 Å². The van der Waals surface area contributed by atoms with Gasteiger partial charge in [-0.3, -0.25) is 29.5 Å². The minimum absolute atomic E-state index is 0.00511. The summed E-state index contributed by atoms with van der Waals surface area (Å²) in [6, 6.07) is 11.6. The number of hydrogen-bond acceptors (Lipinski definition) is 8. The summed E-state index contributed by atoms with van der Waals surface area (Å²) in [5.41, 5.74) is 1.32. The number of halogens is 5. The van der Waals surface area contributed by atoms with Gasteiger partial charge in [0.2, 0.25) is 11.8 Å². The predicted molar refractivity (Wildman–Crippen MR) is 174 cm³/mol. The molecule has 3 aromatic rings. The van der Waals surface area contributed by atoms with Gasteiger partial charge in [0.25, 0.3) is 11.8 Å². The summed E-state index contributed by atoms with van der Waals surface area (Å²) in [4.78, 5) is 62.0. The Morgan fingerprint density at radius 2 is 1.74 bits per heavy atom. The Balaban J connectivity index is 1.45. The number of pyridine rings is 1. The summed E-state index contributed by atoms with van der Waals surface area (Å²) >= 11 is 12.5. The number of nitrogens with zero attached hydrogens (tertiary/aromatic N) is 3. The number of alkyl halides is 3. The topological polar surface area (TPSA) is 129 Å². The van der Waals surface area contributed by atoms with E-state index in [-0.39, 0.29) is 48.5 Å². The average Bonchev–Trinajstić information content (AvgIpc) is 3.46. The summed E-state index contributed by atoms with van der Waals surface area (Å²) in [6.07, 6.45) is -2.12. The van der Waals surface area contributed by atoms with Crippen molar-refractivity contribution in [3.8, 4) is 11.5 Å². The zero-order valence-corrected chi connectivity index (χ0v) is 28.0. The molecule has 1 aromatic heterocycles. The van der Waals surface area contributed by atoms with E-state index in [2.05, 4.69) is 10.4 Å². The van der Waals surface area contributed by atoms with E-state index in [1.54, 1.807) is 43.3 Å². The lowest BCUT2D eigenvalue weighted by Crippen LogP contribution is -2.53. The standard InChI is InChI=1S/C35H29Cl2F3N4O6/c1-3-43-30(46)21-10-9-20-22(27(21)32(43)48)14-23-31(47)44(42-29-24(37)13-18(15-41-29)35(38,39)40)33(49)34(23,17-5-7-19(36)8-6-17)28(20)16-4-11-25(45)26(12-16)50-2/h4-9,11-13,15,21-23,27-28,45H,3,10,14H2,1-2H3,(H,41,42). The number of likely N-dealkylation sites (tertiary alicyclic amines) is 1. The van der Waals surface area contributed by atoms with Gasteiger partial charge in [0, 0.05) is 23.7 Å². The summed E-state index contributed by atoms with van der Waals surface area (Å²) < 4.78 is 45.6. The highest BCUT2D eigenvalue weighted by atomic mass is 35.5. The van der Waals surface area contributed by atoms with Crippen LogP contribution in [-0.2, 0) is 30.8 Å². The van der Waals surface area contributed by atoms with Gasteiger partial charge in [0.15, 0.2) is 17.3 Å². The number of nitrogens with one attached hydrogen (secondary N) is 1. The molecule has 0 spiro atoms. The van der Waals surface area contributed by atoms with Gasteiger partial charge in [-0.2, -0.15) is 18.2 Å². The number of anilines is 1. The number of ether oxygens (including phenoxy) is 1. The number of hydrogen-bond donors (Lipinski definition) is 2. The van der Waals surface area contributed by atoms with Crippen molar-refractivity contribution in [2.24, 2.45) is 23.7 Å². The lowest BCUT2D eigenvalue weighted by atomic mass is 9.49. The number of methoxy groups -OCH3 is 1. The van der Waals surface area contributed by atoms with E-state index < -0.39 is 63.6 Å². The Morgan fingerprint density at radius 3 is 2.38 bits per heavy atom. The van der Waals surface area contributed by atoms with E-state index in [1.165, 1.54) is 18.1 Å². The van der Waals surface area contributed by atoms with Gasteiger partial charge in [-0.15, -0.1) is 0 Å². The van der Waals surface area contributed by atoms with E-state index in [1.807, 2.05) is 6.08 Å². The van der Waals surface area contributed by atoms with Crippen LogP contribution in [0.3, 0.4) is 0 Å². The van der Waals surface area contributed by atoms with Crippen molar-refractivity contribution >= 4 is 52.6 Å². The largest absolute Gasteiger partial charge is 0.504 e. The number of imide groups is 2. The van der Waals surface area contributed by atoms with Crippen LogP contribution in [0.15, 0.2) is 66.4 Å². The quantitative estimate of drug-likeness (QED) is 0.229. The molecule has 3 heterocycles. The fraction of sp³-hybridized carbons (Fsp3) is 0.343. The van der Waals surface area contributed by atoms with Crippen LogP contribution < -0.4 is 10.2 Å². The van der Waals surface area contributed by atoms with Crippen molar-refractivity contribution in [2.75, 3.05) is 19.1 Å². The monoisotopic (exact) mass is 728 g/mol. The van der Waals surface area contributed by atoms with Crippen LogP contribution in [0.25, 0.3) is 0 Å². The minimum Gasteiger partial charge on any atom is -0.504 e. The lowest BCUT2D eigenvalue weighted by Gasteiger charge is -2.50. The zero-order chi connectivity index (χ0) is 35.9. The van der Waals surface area contributed by atoms with Crippen molar-refractivity contribution in [3.63, 3.8) is 0 Å². The van der Waals surface area contributed by atoms with Crippen LogP contribution in [0, 0.1) is 23.7 Å². The first kappa shape index (κ1) is 33.9. The number of amides is 4. The Bertz CT molecular complexity index is 1990. The van der Waals surface area contributed by atoms with Gasteiger partial charge in [-0.05, 0) is 67.1 Å². The molecule has 1 saturated carbocycles. The zero-order valence-electron chi connectivity index (χ0n) is 26.5. The second-order valence-electron chi connectivity index (χ2n) is 12.8. The van der Waals surface area contributed by atoms with Crippen molar-refractivity contribution in [2.45, 2.75) is 37.3 Å². The Hall–Kier alpha value is -4.62. The molecular weight excluding hydrogens is 700 g/mol. The fourth-order valence-corrected chi connectivity index (χ4v) is 8.74. The van der Waals surface area contributed by atoms with E-state index in [0.717, 1.165) is 5.01 Å². The Kier molecular flexibility index (Phi) is 8.13. The van der Waals surface area contributed by atoms with Crippen LogP contribution in [-0.4, -0.2) is 57.3 Å². The van der Waals surface area contributed by atoms with E-state index in [4.69, 9.17) is 27.9 Å². The van der Waals surface area contributed by atoms with Gasteiger partial charge in [0.05, 0.1) is 40.9 Å². The maximum atomic E-state index is 15.1. The number of fused-ring (bicyclic) bond motifs is 4. The second kappa shape index (κ2) is 12.0. The molecule has 4 aliphatic rings.